The molecule has 0 saturated carbocycles. The first kappa shape index (κ1) is 23.4. The minimum atomic E-state index is -0.135. The fourth-order valence-corrected chi connectivity index (χ4v) is 5.17. The Morgan fingerprint density at radius 1 is 1.27 bits per heavy atom. The SMILES string of the molecule is COc1ccc(C(CNC(=O)CCc2nc3sc(C)c(C)c3c(=O)[nH]2)N2CCOCC2)cc1. The number of benzene rings is 1. The van der Waals surface area contributed by atoms with E-state index in [1.807, 2.05) is 38.1 Å². The molecule has 9 heteroatoms. The predicted octanol–water partition coefficient (Wildman–Crippen LogP) is 2.73. The van der Waals surface area contributed by atoms with E-state index in [-0.39, 0.29) is 23.9 Å². The Bertz CT molecular complexity index is 1170. The monoisotopic (exact) mass is 470 g/mol. The molecule has 2 N–H and O–H groups in total. The van der Waals surface area contributed by atoms with Crippen LogP contribution in [0.25, 0.3) is 10.2 Å². The van der Waals surface area contributed by atoms with Crippen molar-refractivity contribution in [2.75, 3.05) is 40.0 Å². The Hall–Kier alpha value is -2.75. The van der Waals surface area contributed by atoms with Crippen molar-refractivity contribution in [2.45, 2.75) is 32.7 Å². The molecule has 1 saturated heterocycles. The van der Waals surface area contributed by atoms with E-state index < -0.39 is 0 Å². The van der Waals surface area contributed by atoms with Gasteiger partial charge in [-0.25, -0.2) is 4.98 Å². The molecule has 4 rings (SSSR count). The second-order valence-electron chi connectivity index (χ2n) is 8.22. The summed E-state index contributed by atoms with van der Waals surface area (Å²) in [7, 11) is 1.65. The van der Waals surface area contributed by atoms with Crippen molar-refractivity contribution in [3.05, 3.63) is 56.4 Å². The van der Waals surface area contributed by atoms with Gasteiger partial charge in [0.25, 0.3) is 5.56 Å². The molecule has 0 radical (unpaired) electrons. The molecule has 1 aromatic carbocycles. The van der Waals surface area contributed by atoms with Gasteiger partial charge in [-0.3, -0.25) is 14.5 Å². The Kier molecular flexibility index (Phi) is 7.42. The highest BCUT2D eigenvalue weighted by molar-refractivity contribution is 7.18. The highest BCUT2D eigenvalue weighted by Gasteiger charge is 2.23. The van der Waals surface area contributed by atoms with E-state index in [0.29, 0.717) is 37.4 Å². The number of rotatable bonds is 8. The van der Waals surface area contributed by atoms with Crippen LogP contribution in [-0.2, 0) is 16.0 Å². The fraction of sp³-hybridized carbons (Fsp3) is 0.458. The van der Waals surface area contributed by atoms with E-state index in [4.69, 9.17) is 9.47 Å². The number of fused-ring (bicyclic) bond motifs is 1. The summed E-state index contributed by atoms with van der Waals surface area (Å²) in [6.07, 6.45) is 0.647. The normalized spacial score (nSPS) is 15.5. The van der Waals surface area contributed by atoms with Gasteiger partial charge in [0.1, 0.15) is 16.4 Å². The zero-order valence-corrected chi connectivity index (χ0v) is 20.1. The Morgan fingerprint density at radius 2 is 2.00 bits per heavy atom. The van der Waals surface area contributed by atoms with Gasteiger partial charge in [0.15, 0.2) is 0 Å². The van der Waals surface area contributed by atoms with Crippen molar-refractivity contribution in [3.63, 3.8) is 0 Å². The zero-order valence-electron chi connectivity index (χ0n) is 19.3. The first-order valence-electron chi connectivity index (χ1n) is 11.2. The Morgan fingerprint density at radius 3 is 2.70 bits per heavy atom. The maximum absolute atomic E-state index is 12.7. The summed E-state index contributed by atoms with van der Waals surface area (Å²) in [5.74, 6) is 1.28. The maximum Gasteiger partial charge on any atom is 0.259 e. The number of hydrogen-bond acceptors (Lipinski definition) is 7. The topological polar surface area (TPSA) is 96.5 Å². The number of hydrogen-bond donors (Lipinski definition) is 2. The molecular weight excluding hydrogens is 440 g/mol. The summed E-state index contributed by atoms with van der Waals surface area (Å²) in [5, 5.41) is 3.72. The maximum atomic E-state index is 12.7. The van der Waals surface area contributed by atoms with E-state index in [1.165, 1.54) is 11.3 Å². The standard InChI is InChI=1S/C24H30N4O4S/c1-15-16(2)33-24-22(15)23(30)26-20(27-24)8-9-21(29)25-14-19(28-10-12-32-13-11-28)17-4-6-18(31-3)7-5-17/h4-7,19H,8-14H2,1-3H3,(H,25,29)(H,26,27,30). The molecule has 1 aliphatic heterocycles. The molecule has 1 atom stereocenters. The minimum Gasteiger partial charge on any atom is -0.497 e. The van der Waals surface area contributed by atoms with Crippen LogP contribution < -0.4 is 15.6 Å². The van der Waals surface area contributed by atoms with Crippen molar-refractivity contribution in [2.24, 2.45) is 0 Å². The summed E-state index contributed by atoms with van der Waals surface area (Å²) in [6, 6.07) is 8.02. The van der Waals surface area contributed by atoms with Crippen molar-refractivity contribution >= 4 is 27.5 Å². The third-order valence-electron chi connectivity index (χ3n) is 6.16. The quantitative estimate of drug-likeness (QED) is 0.526. The molecule has 8 nitrogen and oxygen atoms in total. The number of nitrogens with one attached hydrogen (secondary N) is 2. The number of nitrogens with zero attached hydrogens (tertiary/aromatic N) is 2. The van der Waals surface area contributed by atoms with Gasteiger partial charge in [0.2, 0.25) is 5.91 Å². The van der Waals surface area contributed by atoms with Crippen LogP contribution in [0.15, 0.2) is 29.1 Å². The van der Waals surface area contributed by atoms with Crippen molar-refractivity contribution in [1.29, 1.82) is 0 Å². The van der Waals surface area contributed by atoms with Gasteiger partial charge >= 0.3 is 0 Å². The van der Waals surface area contributed by atoms with Gasteiger partial charge in [0, 0.05) is 37.4 Å². The molecule has 0 bridgehead atoms. The number of morpholine rings is 1. The number of ether oxygens (including phenoxy) is 2. The van der Waals surface area contributed by atoms with Gasteiger partial charge in [-0.1, -0.05) is 12.1 Å². The number of amides is 1. The van der Waals surface area contributed by atoms with Crippen LogP contribution in [0.1, 0.15) is 34.3 Å². The van der Waals surface area contributed by atoms with Gasteiger partial charge in [-0.15, -0.1) is 11.3 Å². The molecule has 0 aliphatic carbocycles. The van der Waals surface area contributed by atoms with Crippen LogP contribution in [0.2, 0.25) is 0 Å². The van der Waals surface area contributed by atoms with E-state index in [0.717, 1.165) is 39.7 Å². The minimum absolute atomic E-state index is 0.0510. The number of thiophene rings is 1. The number of aromatic amines is 1. The molecule has 1 amide bonds. The lowest BCUT2D eigenvalue weighted by Gasteiger charge is -2.35. The third kappa shape index (κ3) is 5.43. The number of aryl methyl sites for hydroxylation is 3. The first-order valence-corrected chi connectivity index (χ1v) is 12.0. The predicted molar refractivity (Wildman–Crippen MR) is 129 cm³/mol. The molecule has 3 heterocycles. The van der Waals surface area contributed by atoms with Gasteiger partial charge < -0.3 is 19.8 Å². The lowest BCUT2D eigenvalue weighted by Crippen LogP contribution is -2.43. The van der Waals surface area contributed by atoms with Crippen molar-refractivity contribution < 1.29 is 14.3 Å². The number of methoxy groups -OCH3 is 1. The second kappa shape index (κ2) is 10.5. The van der Waals surface area contributed by atoms with Crippen LogP contribution >= 0.6 is 11.3 Å². The number of carbonyl (C=O) groups is 1. The highest BCUT2D eigenvalue weighted by atomic mass is 32.1. The van der Waals surface area contributed by atoms with Crippen LogP contribution in [-0.4, -0.2) is 60.7 Å². The molecule has 33 heavy (non-hydrogen) atoms. The second-order valence-corrected chi connectivity index (χ2v) is 9.42. The van der Waals surface area contributed by atoms with Crippen LogP contribution in [0, 0.1) is 13.8 Å². The summed E-state index contributed by atoms with van der Waals surface area (Å²) >= 11 is 1.52. The van der Waals surface area contributed by atoms with E-state index >= 15 is 0 Å². The summed E-state index contributed by atoms with van der Waals surface area (Å²) in [4.78, 5) is 36.7. The Labute approximate surface area is 196 Å². The van der Waals surface area contributed by atoms with E-state index in [9.17, 15) is 9.59 Å². The zero-order chi connectivity index (χ0) is 23.4. The van der Waals surface area contributed by atoms with E-state index in [2.05, 4.69) is 20.2 Å². The largest absolute Gasteiger partial charge is 0.497 e. The molecule has 3 aromatic rings. The molecular formula is C24H30N4O4S. The smallest absolute Gasteiger partial charge is 0.259 e. The summed E-state index contributed by atoms with van der Waals surface area (Å²) in [6.45, 7) is 7.42. The Balaban J connectivity index is 1.39. The van der Waals surface area contributed by atoms with Gasteiger partial charge in [0.05, 0.1) is 31.8 Å². The number of H-pyrrole nitrogens is 1. The van der Waals surface area contributed by atoms with Gasteiger partial charge in [-0.2, -0.15) is 0 Å². The van der Waals surface area contributed by atoms with Crippen LogP contribution in [0.4, 0.5) is 0 Å². The van der Waals surface area contributed by atoms with Crippen molar-refractivity contribution in [1.82, 2.24) is 20.2 Å². The third-order valence-corrected chi connectivity index (χ3v) is 7.26. The molecule has 176 valence electrons. The molecule has 2 aromatic heterocycles. The average molecular weight is 471 g/mol. The highest BCUT2D eigenvalue weighted by Crippen LogP contribution is 2.26. The molecule has 1 unspecified atom stereocenters. The summed E-state index contributed by atoms with van der Waals surface area (Å²) in [5.41, 5.74) is 1.96. The van der Waals surface area contributed by atoms with Gasteiger partial charge in [-0.05, 0) is 37.1 Å². The molecule has 0 spiro atoms. The first-order chi connectivity index (χ1) is 16.0. The lowest BCUT2D eigenvalue weighted by molar-refractivity contribution is -0.121. The number of aromatic nitrogens is 2. The number of carbonyl (C=O) groups excluding carboxylic acids is 1. The molecule has 1 aliphatic rings. The van der Waals surface area contributed by atoms with Crippen LogP contribution in [0.5, 0.6) is 5.75 Å². The molecule has 1 fully saturated rings. The average Bonchev–Trinajstić information content (AvgIpc) is 3.12. The van der Waals surface area contributed by atoms with E-state index in [1.54, 1.807) is 7.11 Å². The van der Waals surface area contributed by atoms with Crippen LogP contribution in [0.3, 0.4) is 0 Å². The fourth-order valence-electron chi connectivity index (χ4n) is 4.12. The van der Waals surface area contributed by atoms with Crippen molar-refractivity contribution in [3.8, 4) is 5.75 Å². The summed E-state index contributed by atoms with van der Waals surface area (Å²) < 4.78 is 10.8. The lowest BCUT2D eigenvalue weighted by atomic mass is 10.0.